The lowest BCUT2D eigenvalue weighted by Crippen LogP contribution is -2.44. The Morgan fingerprint density at radius 1 is 1.12 bits per heavy atom. The Hall–Kier alpha value is -2.08. The van der Waals surface area contributed by atoms with E-state index in [4.69, 9.17) is 0 Å². The maximum absolute atomic E-state index is 13.1. The smallest absolute Gasteiger partial charge is 0.322 e. The lowest BCUT2D eigenvalue weighted by atomic mass is 9.77. The predicted octanol–water partition coefficient (Wildman–Crippen LogP) is 1.74. The Morgan fingerprint density at radius 2 is 1.92 bits per heavy atom. The highest BCUT2D eigenvalue weighted by atomic mass is 16.2. The van der Waals surface area contributed by atoms with E-state index in [-0.39, 0.29) is 11.9 Å². The zero-order chi connectivity index (χ0) is 17.4. The minimum Gasteiger partial charge on any atom is -0.339 e. The number of amides is 3. The molecule has 3 fully saturated rings. The molecule has 0 aliphatic carbocycles. The highest BCUT2D eigenvalue weighted by Crippen LogP contribution is 2.37. The summed E-state index contributed by atoms with van der Waals surface area (Å²) >= 11 is 0. The fourth-order valence-electron chi connectivity index (χ4n) is 4.43. The number of rotatable bonds is 2. The van der Waals surface area contributed by atoms with E-state index in [1.54, 1.807) is 4.90 Å². The molecule has 1 spiro atoms. The summed E-state index contributed by atoms with van der Waals surface area (Å²) in [6.07, 6.45) is 3.39. The topological polar surface area (TPSA) is 64.7 Å². The molecule has 0 radical (unpaired) electrons. The minimum atomic E-state index is -0.0821. The van der Waals surface area contributed by atoms with Crippen LogP contribution in [0.15, 0.2) is 18.2 Å². The van der Waals surface area contributed by atoms with Crippen LogP contribution in [0, 0.1) is 12.3 Å². The first-order chi connectivity index (χ1) is 12.1. The van der Waals surface area contributed by atoms with Crippen molar-refractivity contribution in [1.82, 2.24) is 15.5 Å². The number of anilines is 1. The number of hydrogen-bond donors (Lipinski definition) is 2. The number of piperidine rings is 1. The van der Waals surface area contributed by atoms with Gasteiger partial charge in [0.05, 0.1) is 0 Å². The number of carbonyl (C=O) groups is 2. The number of nitrogens with zero attached hydrogens (tertiary/aromatic N) is 2. The average Bonchev–Trinajstić information content (AvgIpc) is 3.25. The molecule has 0 saturated carbocycles. The summed E-state index contributed by atoms with van der Waals surface area (Å²) in [5, 5.41) is 6.28. The van der Waals surface area contributed by atoms with Crippen LogP contribution in [0.5, 0.6) is 0 Å². The zero-order valence-corrected chi connectivity index (χ0v) is 14.8. The molecule has 6 heteroatoms. The van der Waals surface area contributed by atoms with Crippen molar-refractivity contribution in [2.24, 2.45) is 5.41 Å². The quantitative estimate of drug-likeness (QED) is 0.860. The second-order valence-corrected chi connectivity index (χ2v) is 7.55. The van der Waals surface area contributed by atoms with Gasteiger partial charge in [-0.3, -0.25) is 9.69 Å². The van der Waals surface area contributed by atoms with Gasteiger partial charge in [-0.05, 0) is 55.8 Å². The van der Waals surface area contributed by atoms with Gasteiger partial charge < -0.3 is 15.5 Å². The van der Waals surface area contributed by atoms with Gasteiger partial charge in [-0.2, -0.15) is 0 Å². The molecule has 1 aromatic carbocycles. The SMILES string of the molecule is Cc1c(C(=O)N2CCC3(CCNC3)CC2)cccc1N1CCNC1=O. The lowest BCUT2D eigenvalue weighted by Gasteiger charge is -2.39. The standard InChI is InChI=1S/C19H26N4O2/c1-14-15(3-2-4-16(14)23-12-9-21-18(23)25)17(24)22-10-6-19(7-11-22)5-8-20-13-19/h2-4,20H,5-13H2,1H3,(H,21,25). The van der Waals surface area contributed by atoms with Crippen LogP contribution >= 0.6 is 0 Å². The first-order valence-electron chi connectivity index (χ1n) is 9.25. The molecule has 2 N–H and O–H groups in total. The van der Waals surface area contributed by atoms with E-state index in [2.05, 4.69) is 10.6 Å². The van der Waals surface area contributed by atoms with E-state index in [1.807, 2.05) is 30.0 Å². The van der Waals surface area contributed by atoms with Crippen molar-refractivity contribution in [2.75, 3.05) is 44.2 Å². The minimum absolute atomic E-state index is 0.0821. The van der Waals surface area contributed by atoms with E-state index in [0.717, 1.165) is 55.8 Å². The van der Waals surface area contributed by atoms with Crippen LogP contribution < -0.4 is 15.5 Å². The molecule has 3 saturated heterocycles. The maximum atomic E-state index is 13.1. The van der Waals surface area contributed by atoms with Crippen molar-refractivity contribution in [3.8, 4) is 0 Å². The van der Waals surface area contributed by atoms with Crippen LogP contribution in [0.1, 0.15) is 35.2 Å². The van der Waals surface area contributed by atoms with Crippen molar-refractivity contribution in [3.05, 3.63) is 29.3 Å². The van der Waals surface area contributed by atoms with Gasteiger partial charge in [0.25, 0.3) is 5.91 Å². The average molecular weight is 342 g/mol. The lowest BCUT2D eigenvalue weighted by molar-refractivity contribution is 0.0607. The van der Waals surface area contributed by atoms with E-state index >= 15 is 0 Å². The van der Waals surface area contributed by atoms with E-state index < -0.39 is 0 Å². The highest BCUT2D eigenvalue weighted by molar-refractivity contribution is 6.00. The number of likely N-dealkylation sites (tertiary alicyclic amines) is 1. The van der Waals surface area contributed by atoms with E-state index in [0.29, 0.717) is 18.5 Å². The fraction of sp³-hybridized carbons (Fsp3) is 0.579. The molecule has 134 valence electrons. The fourth-order valence-corrected chi connectivity index (χ4v) is 4.43. The van der Waals surface area contributed by atoms with Crippen molar-refractivity contribution in [2.45, 2.75) is 26.2 Å². The summed E-state index contributed by atoms with van der Waals surface area (Å²) in [7, 11) is 0. The van der Waals surface area contributed by atoms with Crippen LogP contribution in [0.3, 0.4) is 0 Å². The molecular formula is C19H26N4O2. The van der Waals surface area contributed by atoms with Gasteiger partial charge in [0.15, 0.2) is 0 Å². The summed E-state index contributed by atoms with van der Waals surface area (Å²) in [6.45, 7) is 7.10. The Labute approximate surface area is 148 Å². The number of urea groups is 1. The van der Waals surface area contributed by atoms with Crippen molar-refractivity contribution in [3.63, 3.8) is 0 Å². The molecule has 25 heavy (non-hydrogen) atoms. The molecular weight excluding hydrogens is 316 g/mol. The third-order valence-corrected chi connectivity index (χ3v) is 6.13. The van der Waals surface area contributed by atoms with Gasteiger partial charge in [-0.1, -0.05) is 6.07 Å². The predicted molar refractivity (Wildman–Crippen MR) is 97.0 cm³/mol. The number of nitrogens with one attached hydrogen (secondary N) is 2. The summed E-state index contributed by atoms with van der Waals surface area (Å²) in [5.41, 5.74) is 2.86. The number of benzene rings is 1. The molecule has 3 heterocycles. The molecule has 0 bridgehead atoms. The summed E-state index contributed by atoms with van der Waals surface area (Å²) in [4.78, 5) is 28.7. The summed E-state index contributed by atoms with van der Waals surface area (Å²) < 4.78 is 0. The van der Waals surface area contributed by atoms with Crippen LogP contribution in [0.25, 0.3) is 0 Å². The number of hydrogen-bond acceptors (Lipinski definition) is 3. The molecule has 3 amide bonds. The molecule has 6 nitrogen and oxygen atoms in total. The van der Waals surface area contributed by atoms with Gasteiger partial charge in [0, 0.05) is 44.0 Å². The Balaban J connectivity index is 1.52. The Bertz CT molecular complexity index is 687. The third-order valence-electron chi connectivity index (χ3n) is 6.13. The third kappa shape index (κ3) is 2.88. The van der Waals surface area contributed by atoms with Crippen molar-refractivity contribution < 1.29 is 9.59 Å². The van der Waals surface area contributed by atoms with Crippen LogP contribution in [0.4, 0.5) is 10.5 Å². The molecule has 4 rings (SSSR count). The van der Waals surface area contributed by atoms with Crippen LogP contribution in [0.2, 0.25) is 0 Å². The molecule has 3 aliphatic rings. The zero-order valence-electron chi connectivity index (χ0n) is 14.8. The van der Waals surface area contributed by atoms with E-state index in [9.17, 15) is 9.59 Å². The van der Waals surface area contributed by atoms with Gasteiger partial charge >= 0.3 is 6.03 Å². The monoisotopic (exact) mass is 342 g/mol. The Morgan fingerprint density at radius 3 is 2.56 bits per heavy atom. The van der Waals surface area contributed by atoms with Crippen LogP contribution in [-0.2, 0) is 0 Å². The first-order valence-corrected chi connectivity index (χ1v) is 9.25. The molecule has 1 aromatic rings. The summed E-state index contributed by atoms with van der Waals surface area (Å²) in [5.74, 6) is 0.0970. The van der Waals surface area contributed by atoms with Gasteiger partial charge in [0.1, 0.15) is 0 Å². The van der Waals surface area contributed by atoms with Gasteiger partial charge in [0.2, 0.25) is 0 Å². The molecule has 0 atom stereocenters. The van der Waals surface area contributed by atoms with Crippen LogP contribution in [-0.4, -0.2) is 56.1 Å². The van der Waals surface area contributed by atoms with Crippen molar-refractivity contribution >= 4 is 17.6 Å². The number of carbonyl (C=O) groups excluding carboxylic acids is 2. The van der Waals surface area contributed by atoms with Crippen molar-refractivity contribution in [1.29, 1.82) is 0 Å². The van der Waals surface area contributed by atoms with Gasteiger partial charge in [-0.25, -0.2) is 4.79 Å². The normalized spacial score (nSPS) is 22.5. The highest BCUT2D eigenvalue weighted by Gasteiger charge is 2.38. The molecule has 0 aromatic heterocycles. The second-order valence-electron chi connectivity index (χ2n) is 7.55. The second kappa shape index (κ2) is 6.33. The van der Waals surface area contributed by atoms with Gasteiger partial charge in [-0.15, -0.1) is 0 Å². The summed E-state index contributed by atoms with van der Waals surface area (Å²) in [6, 6.07) is 5.61. The van der Waals surface area contributed by atoms with E-state index in [1.165, 1.54) is 6.42 Å². The molecule has 0 unspecified atom stereocenters. The largest absolute Gasteiger partial charge is 0.339 e. The Kier molecular flexibility index (Phi) is 4.15. The molecule has 3 aliphatic heterocycles. The first kappa shape index (κ1) is 16.4. The maximum Gasteiger partial charge on any atom is 0.322 e.